The summed E-state index contributed by atoms with van der Waals surface area (Å²) in [6.45, 7) is 3.00. The number of hydrogen-bond donors (Lipinski definition) is 2. The van der Waals surface area contributed by atoms with Crippen LogP contribution in [0.25, 0.3) is 0 Å². The van der Waals surface area contributed by atoms with Crippen molar-refractivity contribution in [2.45, 2.75) is 25.8 Å². The minimum absolute atomic E-state index is 0.124. The zero-order valence-electron chi connectivity index (χ0n) is 11.3. The largest absolute Gasteiger partial charge is 0.382 e. The molecular weight excluding hydrogens is 260 g/mol. The number of likely N-dealkylation sites (tertiary alicyclic amines) is 1. The van der Waals surface area contributed by atoms with Crippen molar-refractivity contribution >= 4 is 17.4 Å². The van der Waals surface area contributed by atoms with Gasteiger partial charge in [-0.15, -0.1) is 0 Å². The zero-order chi connectivity index (χ0) is 14.7. The third-order valence-corrected chi connectivity index (χ3v) is 3.57. The molecule has 3 N–H and O–H groups in total. The Morgan fingerprint density at radius 2 is 2.10 bits per heavy atom. The molecule has 1 heterocycles. The molecule has 1 aliphatic heterocycles. The number of carbonyl (C=O) groups is 1. The molecule has 0 unspecified atom stereocenters. The molecule has 0 saturated carbocycles. The lowest BCUT2D eigenvalue weighted by Gasteiger charge is -2.31. The monoisotopic (exact) mass is 278 g/mol. The van der Waals surface area contributed by atoms with Crippen LogP contribution in [0.1, 0.15) is 18.4 Å². The molecule has 0 aromatic heterocycles. The van der Waals surface area contributed by atoms with E-state index in [1.54, 1.807) is 24.0 Å². The highest BCUT2D eigenvalue weighted by Crippen LogP contribution is 2.23. The predicted molar refractivity (Wildman–Crippen MR) is 75.6 cm³/mol. The highest BCUT2D eigenvalue weighted by Gasteiger charge is 2.21. The second-order valence-electron chi connectivity index (χ2n) is 5.00. The van der Waals surface area contributed by atoms with Crippen molar-refractivity contribution in [3.05, 3.63) is 33.9 Å². The molecule has 108 valence electrons. The lowest BCUT2D eigenvalue weighted by Crippen LogP contribution is -2.44. The van der Waals surface area contributed by atoms with Gasteiger partial charge in [0.1, 0.15) is 0 Å². The Morgan fingerprint density at radius 1 is 1.45 bits per heavy atom. The summed E-state index contributed by atoms with van der Waals surface area (Å²) in [6.07, 6.45) is 1.64. The quantitative estimate of drug-likeness (QED) is 0.650. The molecule has 0 atom stereocenters. The van der Waals surface area contributed by atoms with E-state index in [-0.39, 0.29) is 22.7 Å². The maximum Gasteiger partial charge on any atom is 0.314 e. The molecule has 0 aliphatic carbocycles. The Balaban J connectivity index is 1.96. The fraction of sp³-hybridized carbons (Fsp3) is 0.462. The molecular formula is C13H18N4O3. The number of carbonyl (C=O) groups excluding carboxylic acids is 1. The van der Waals surface area contributed by atoms with E-state index < -0.39 is 0 Å². The molecule has 0 radical (unpaired) electrons. The maximum atomic E-state index is 11.0. The first-order valence-corrected chi connectivity index (χ1v) is 6.53. The van der Waals surface area contributed by atoms with E-state index >= 15 is 0 Å². The highest BCUT2D eigenvalue weighted by molar-refractivity contribution is 5.72. The number of benzene rings is 1. The van der Waals surface area contributed by atoms with Crippen LogP contribution in [0.5, 0.6) is 0 Å². The van der Waals surface area contributed by atoms with Crippen molar-refractivity contribution in [1.29, 1.82) is 0 Å². The summed E-state index contributed by atoms with van der Waals surface area (Å²) in [4.78, 5) is 23.0. The van der Waals surface area contributed by atoms with Crippen LogP contribution in [0.4, 0.5) is 16.2 Å². The Hall–Kier alpha value is -2.31. The number of nitro benzene ring substituents is 1. The first-order chi connectivity index (χ1) is 9.47. The van der Waals surface area contributed by atoms with E-state index in [4.69, 9.17) is 5.73 Å². The van der Waals surface area contributed by atoms with Gasteiger partial charge in [0, 0.05) is 36.4 Å². The molecule has 1 fully saturated rings. The van der Waals surface area contributed by atoms with Gasteiger partial charge in [-0.2, -0.15) is 0 Å². The van der Waals surface area contributed by atoms with Gasteiger partial charge in [-0.05, 0) is 31.9 Å². The summed E-state index contributed by atoms with van der Waals surface area (Å²) in [7, 11) is 0. The number of nitrogens with two attached hydrogens (primary N) is 1. The number of amides is 2. The smallest absolute Gasteiger partial charge is 0.314 e. The number of urea groups is 1. The zero-order valence-corrected chi connectivity index (χ0v) is 11.3. The van der Waals surface area contributed by atoms with Crippen LogP contribution in [0.3, 0.4) is 0 Å². The topological polar surface area (TPSA) is 102 Å². The van der Waals surface area contributed by atoms with Crippen LogP contribution in [0.2, 0.25) is 0 Å². The van der Waals surface area contributed by atoms with Gasteiger partial charge in [0.05, 0.1) is 4.92 Å². The molecule has 1 aromatic carbocycles. The summed E-state index contributed by atoms with van der Waals surface area (Å²) in [6, 6.07) is 4.88. The molecule has 0 spiro atoms. The van der Waals surface area contributed by atoms with Crippen molar-refractivity contribution in [3.63, 3.8) is 0 Å². The number of nitro groups is 1. The molecule has 0 bridgehead atoms. The summed E-state index contributed by atoms with van der Waals surface area (Å²) < 4.78 is 0. The minimum Gasteiger partial charge on any atom is -0.382 e. The second-order valence-corrected chi connectivity index (χ2v) is 5.00. The summed E-state index contributed by atoms with van der Waals surface area (Å²) in [5, 5.41) is 14.1. The SMILES string of the molecule is Cc1cc(NC2CCN(C(N)=O)CC2)ccc1[N+](=O)[O-]. The van der Waals surface area contributed by atoms with E-state index in [1.807, 2.05) is 0 Å². The van der Waals surface area contributed by atoms with E-state index in [0.717, 1.165) is 18.5 Å². The van der Waals surface area contributed by atoms with Gasteiger partial charge < -0.3 is 16.0 Å². The standard InChI is InChI=1S/C13H18N4O3/c1-9-8-11(2-3-12(9)17(19)20)15-10-4-6-16(7-5-10)13(14)18/h2-3,8,10,15H,4-7H2,1H3,(H2,14,18). The number of hydrogen-bond acceptors (Lipinski definition) is 4. The second kappa shape index (κ2) is 5.77. The third kappa shape index (κ3) is 3.17. The first-order valence-electron chi connectivity index (χ1n) is 6.53. The number of rotatable bonds is 3. The fourth-order valence-corrected chi connectivity index (χ4v) is 2.43. The van der Waals surface area contributed by atoms with Crippen LogP contribution in [-0.4, -0.2) is 35.0 Å². The van der Waals surface area contributed by atoms with E-state index in [9.17, 15) is 14.9 Å². The van der Waals surface area contributed by atoms with Gasteiger partial charge in [0.2, 0.25) is 0 Å². The molecule has 1 aliphatic rings. The normalized spacial score (nSPS) is 15.9. The van der Waals surface area contributed by atoms with Gasteiger partial charge in [0.25, 0.3) is 5.69 Å². The van der Waals surface area contributed by atoms with Gasteiger partial charge in [0.15, 0.2) is 0 Å². The van der Waals surface area contributed by atoms with Crippen molar-refractivity contribution < 1.29 is 9.72 Å². The van der Waals surface area contributed by atoms with Crippen LogP contribution >= 0.6 is 0 Å². The lowest BCUT2D eigenvalue weighted by molar-refractivity contribution is -0.385. The Morgan fingerprint density at radius 3 is 2.60 bits per heavy atom. The predicted octanol–water partition coefficient (Wildman–Crippen LogP) is 1.86. The molecule has 2 rings (SSSR count). The Kier molecular flexibility index (Phi) is 4.07. The molecule has 20 heavy (non-hydrogen) atoms. The van der Waals surface area contributed by atoms with Crippen LogP contribution in [0.15, 0.2) is 18.2 Å². The number of primary amides is 1. The van der Waals surface area contributed by atoms with Gasteiger partial charge in [-0.1, -0.05) is 0 Å². The summed E-state index contributed by atoms with van der Waals surface area (Å²) in [5.74, 6) is 0. The van der Waals surface area contributed by atoms with Crippen LogP contribution in [-0.2, 0) is 0 Å². The third-order valence-electron chi connectivity index (χ3n) is 3.57. The van der Waals surface area contributed by atoms with Crippen molar-refractivity contribution in [2.75, 3.05) is 18.4 Å². The van der Waals surface area contributed by atoms with E-state index in [2.05, 4.69) is 5.32 Å². The van der Waals surface area contributed by atoms with Crippen LogP contribution in [0, 0.1) is 17.0 Å². The molecule has 1 saturated heterocycles. The average Bonchev–Trinajstić information content (AvgIpc) is 2.39. The van der Waals surface area contributed by atoms with E-state index in [0.29, 0.717) is 18.7 Å². The summed E-state index contributed by atoms with van der Waals surface area (Å²) >= 11 is 0. The lowest BCUT2D eigenvalue weighted by atomic mass is 10.0. The number of piperidine rings is 1. The van der Waals surface area contributed by atoms with Crippen molar-refractivity contribution in [3.8, 4) is 0 Å². The Labute approximate surface area is 116 Å². The number of nitrogens with zero attached hydrogens (tertiary/aromatic N) is 2. The molecule has 2 amide bonds. The first kappa shape index (κ1) is 14.1. The molecule has 7 nitrogen and oxygen atoms in total. The van der Waals surface area contributed by atoms with E-state index in [1.165, 1.54) is 6.07 Å². The fourth-order valence-electron chi connectivity index (χ4n) is 2.43. The number of aryl methyl sites for hydroxylation is 1. The maximum absolute atomic E-state index is 11.0. The highest BCUT2D eigenvalue weighted by atomic mass is 16.6. The molecule has 7 heteroatoms. The van der Waals surface area contributed by atoms with Gasteiger partial charge >= 0.3 is 6.03 Å². The van der Waals surface area contributed by atoms with Crippen molar-refractivity contribution in [1.82, 2.24) is 4.90 Å². The Bertz CT molecular complexity index is 524. The number of anilines is 1. The molecule has 1 aromatic rings. The minimum atomic E-state index is -0.384. The number of nitrogens with one attached hydrogen (secondary N) is 1. The van der Waals surface area contributed by atoms with Gasteiger partial charge in [-0.25, -0.2) is 4.79 Å². The van der Waals surface area contributed by atoms with Crippen LogP contribution < -0.4 is 11.1 Å². The average molecular weight is 278 g/mol. The summed E-state index contributed by atoms with van der Waals surface area (Å²) in [5.41, 5.74) is 6.86. The van der Waals surface area contributed by atoms with Crippen molar-refractivity contribution in [2.24, 2.45) is 5.73 Å². The van der Waals surface area contributed by atoms with Gasteiger partial charge in [-0.3, -0.25) is 10.1 Å².